The molecule has 0 bridgehead atoms. The van der Waals surface area contributed by atoms with E-state index in [0.29, 0.717) is 8.67 Å². The minimum atomic E-state index is -0.367. The fourth-order valence-corrected chi connectivity index (χ4v) is 3.61. The van der Waals surface area contributed by atoms with Gasteiger partial charge in [0, 0.05) is 15.6 Å². The van der Waals surface area contributed by atoms with E-state index in [-0.39, 0.29) is 6.04 Å². The first-order chi connectivity index (χ1) is 8.52. The van der Waals surface area contributed by atoms with E-state index < -0.39 is 0 Å². The molecular formula is C12H10BrCl2NOS. The maximum Gasteiger partial charge on any atom is 0.124 e. The Labute approximate surface area is 128 Å². The lowest BCUT2D eigenvalue weighted by Crippen LogP contribution is -2.12. The average Bonchev–Trinajstić information content (AvgIpc) is 2.67. The van der Waals surface area contributed by atoms with E-state index in [4.69, 9.17) is 33.7 Å². The summed E-state index contributed by atoms with van der Waals surface area (Å²) in [6.45, 7) is 0. The van der Waals surface area contributed by atoms with Gasteiger partial charge in [-0.3, -0.25) is 0 Å². The number of hydrogen-bond donors (Lipinski definition) is 1. The number of methoxy groups -OCH3 is 1. The lowest BCUT2D eigenvalue weighted by atomic mass is 10.0. The number of nitrogens with two attached hydrogens (primary N) is 1. The summed E-state index contributed by atoms with van der Waals surface area (Å²) in [5.41, 5.74) is 7.91. The standard InChI is InChI=1S/C12H10BrCl2NOS/c1-17-9-3-2-6(13)4-7(9)11(16)8-5-10(14)18-12(8)15/h2-5,11H,16H2,1H3. The predicted octanol–water partition coefficient (Wildman–Crippen LogP) is 4.87. The molecule has 1 aromatic carbocycles. The van der Waals surface area contributed by atoms with Gasteiger partial charge in [-0.1, -0.05) is 39.1 Å². The Hall–Kier alpha value is -0.260. The van der Waals surface area contributed by atoms with Crippen molar-refractivity contribution in [3.8, 4) is 5.75 Å². The van der Waals surface area contributed by atoms with E-state index in [0.717, 1.165) is 21.3 Å². The number of benzene rings is 1. The predicted molar refractivity (Wildman–Crippen MR) is 81.1 cm³/mol. The Kier molecular flexibility index (Phi) is 4.56. The van der Waals surface area contributed by atoms with Crippen LogP contribution in [0.1, 0.15) is 17.2 Å². The molecule has 2 N–H and O–H groups in total. The van der Waals surface area contributed by atoms with Gasteiger partial charge in [-0.2, -0.15) is 0 Å². The maximum absolute atomic E-state index is 6.24. The van der Waals surface area contributed by atoms with E-state index in [1.165, 1.54) is 11.3 Å². The van der Waals surface area contributed by atoms with E-state index in [1.54, 1.807) is 13.2 Å². The molecule has 0 saturated heterocycles. The Morgan fingerprint density at radius 1 is 1.28 bits per heavy atom. The van der Waals surface area contributed by atoms with Gasteiger partial charge in [-0.25, -0.2) is 0 Å². The molecule has 1 aromatic heterocycles. The highest BCUT2D eigenvalue weighted by atomic mass is 79.9. The molecule has 0 fully saturated rings. The van der Waals surface area contributed by atoms with Crippen molar-refractivity contribution in [1.82, 2.24) is 0 Å². The van der Waals surface area contributed by atoms with Gasteiger partial charge in [0.05, 0.1) is 21.8 Å². The van der Waals surface area contributed by atoms with Crippen LogP contribution in [0.15, 0.2) is 28.7 Å². The van der Waals surface area contributed by atoms with Crippen molar-refractivity contribution in [1.29, 1.82) is 0 Å². The normalized spacial score (nSPS) is 12.5. The van der Waals surface area contributed by atoms with Crippen LogP contribution in [0.3, 0.4) is 0 Å². The lowest BCUT2D eigenvalue weighted by molar-refractivity contribution is 0.408. The van der Waals surface area contributed by atoms with Crippen LogP contribution in [-0.2, 0) is 0 Å². The minimum absolute atomic E-state index is 0.367. The molecule has 1 heterocycles. The first-order valence-corrected chi connectivity index (χ1v) is 7.43. The Morgan fingerprint density at radius 2 is 2.00 bits per heavy atom. The fourth-order valence-electron chi connectivity index (χ4n) is 1.68. The van der Waals surface area contributed by atoms with Crippen LogP contribution >= 0.6 is 50.5 Å². The number of hydrogen-bond acceptors (Lipinski definition) is 3. The van der Waals surface area contributed by atoms with Crippen molar-refractivity contribution < 1.29 is 4.74 Å². The summed E-state index contributed by atoms with van der Waals surface area (Å²) in [6.07, 6.45) is 0. The van der Waals surface area contributed by atoms with Gasteiger partial charge in [-0.15, -0.1) is 11.3 Å². The molecule has 6 heteroatoms. The third-order valence-electron chi connectivity index (χ3n) is 2.54. The second-order valence-corrected chi connectivity index (χ2v) is 6.84. The maximum atomic E-state index is 6.24. The van der Waals surface area contributed by atoms with Crippen LogP contribution < -0.4 is 10.5 Å². The summed E-state index contributed by atoms with van der Waals surface area (Å²) < 4.78 is 7.48. The lowest BCUT2D eigenvalue weighted by Gasteiger charge is -2.15. The second kappa shape index (κ2) is 5.80. The van der Waals surface area contributed by atoms with E-state index in [1.807, 2.05) is 18.2 Å². The van der Waals surface area contributed by atoms with E-state index in [9.17, 15) is 0 Å². The number of rotatable bonds is 3. The second-order valence-electron chi connectivity index (χ2n) is 3.64. The summed E-state index contributed by atoms with van der Waals surface area (Å²) in [5, 5.41) is 0. The van der Waals surface area contributed by atoms with Crippen molar-refractivity contribution in [2.75, 3.05) is 7.11 Å². The zero-order valence-electron chi connectivity index (χ0n) is 9.41. The summed E-state index contributed by atoms with van der Waals surface area (Å²) >= 11 is 16.8. The van der Waals surface area contributed by atoms with Crippen molar-refractivity contribution >= 4 is 50.5 Å². The highest BCUT2D eigenvalue weighted by molar-refractivity contribution is 9.10. The molecule has 0 aliphatic heterocycles. The highest BCUT2D eigenvalue weighted by Crippen LogP contribution is 2.39. The van der Waals surface area contributed by atoms with Crippen LogP contribution in [0.5, 0.6) is 5.75 Å². The van der Waals surface area contributed by atoms with Crippen molar-refractivity contribution in [2.45, 2.75) is 6.04 Å². The molecule has 2 nitrogen and oxygen atoms in total. The van der Waals surface area contributed by atoms with Crippen LogP contribution in [0.2, 0.25) is 8.67 Å². The summed E-state index contributed by atoms with van der Waals surface area (Å²) in [6, 6.07) is 7.11. The molecule has 1 unspecified atom stereocenters. The quantitative estimate of drug-likeness (QED) is 0.840. The third-order valence-corrected chi connectivity index (χ3v) is 4.56. The molecule has 1 atom stereocenters. The first-order valence-electron chi connectivity index (χ1n) is 5.06. The first kappa shape index (κ1) is 14.2. The molecule has 96 valence electrons. The SMILES string of the molecule is COc1ccc(Br)cc1C(N)c1cc(Cl)sc1Cl. The van der Waals surface area contributed by atoms with E-state index in [2.05, 4.69) is 15.9 Å². The van der Waals surface area contributed by atoms with Crippen LogP contribution in [-0.4, -0.2) is 7.11 Å². The highest BCUT2D eigenvalue weighted by Gasteiger charge is 2.19. The smallest absolute Gasteiger partial charge is 0.124 e. The van der Waals surface area contributed by atoms with Crippen molar-refractivity contribution in [3.05, 3.63) is 48.5 Å². The Morgan fingerprint density at radius 3 is 2.56 bits per heavy atom. The van der Waals surface area contributed by atoms with Gasteiger partial charge >= 0.3 is 0 Å². The van der Waals surface area contributed by atoms with Crippen LogP contribution in [0.25, 0.3) is 0 Å². The summed E-state index contributed by atoms with van der Waals surface area (Å²) in [4.78, 5) is 0. The number of ether oxygens (including phenoxy) is 1. The summed E-state index contributed by atoms with van der Waals surface area (Å²) in [5.74, 6) is 0.726. The van der Waals surface area contributed by atoms with Crippen LogP contribution in [0.4, 0.5) is 0 Å². The molecule has 0 saturated carbocycles. The van der Waals surface area contributed by atoms with Gasteiger partial charge in [0.2, 0.25) is 0 Å². The van der Waals surface area contributed by atoms with Gasteiger partial charge in [0.25, 0.3) is 0 Å². The van der Waals surface area contributed by atoms with Gasteiger partial charge in [0.1, 0.15) is 5.75 Å². The number of halogens is 3. The zero-order chi connectivity index (χ0) is 13.3. The van der Waals surface area contributed by atoms with Gasteiger partial charge < -0.3 is 10.5 Å². The largest absolute Gasteiger partial charge is 0.496 e. The molecule has 0 amide bonds. The third kappa shape index (κ3) is 2.83. The molecule has 2 aromatic rings. The molecular weight excluding hydrogens is 357 g/mol. The van der Waals surface area contributed by atoms with Gasteiger partial charge in [0.15, 0.2) is 0 Å². The monoisotopic (exact) mass is 365 g/mol. The fraction of sp³-hybridized carbons (Fsp3) is 0.167. The van der Waals surface area contributed by atoms with Crippen LogP contribution in [0, 0.1) is 0 Å². The zero-order valence-corrected chi connectivity index (χ0v) is 13.3. The van der Waals surface area contributed by atoms with E-state index >= 15 is 0 Å². The topological polar surface area (TPSA) is 35.2 Å². The Bertz CT molecular complexity index is 573. The average molecular weight is 367 g/mol. The number of thiophene rings is 1. The van der Waals surface area contributed by atoms with Crippen molar-refractivity contribution in [3.63, 3.8) is 0 Å². The Balaban J connectivity index is 2.48. The molecule has 0 radical (unpaired) electrons. The molecule has 0 aliphatic rings. The molecule has 0 aliphatic carbocycles. The molecule has 2 rings (SSSR count). The minimum Gasteiger partial charge on any atom is -0.496 e. The van der Waals surface area contributed by atoms with Crippen molar-refractivity contribution in [2.24, 2.45) is 5.73 Å². The van der Waals surface area contributed by atoms with Gasteiger partial charge in [-0.05, 0) is 24.3 Å². The summed E-state index contributed by atoms with van der Waals surface area (Å²) in [7, 11) is 1.61. The molecule has 0 spiro atoms. The molecule has 18 heavy (non-hydrogen) atoms.